The third kappa shape index (κ3) is 7.60. The van der Waals surface area contributed by atoms with Crippen LogP contribution in [0, 0.1) is 0 Å². The molecule has 1 saturated carbocycles. The molecule has 1 atom stereocenters. The van der Waals surface area contributed by atoms with Gasteiger partial charge < -0.3 is 10.2 Å². The Hall–Kier alpha value is -1.81. The largest absolute Gasteiger partial charge is 0.352 e. The highest BCUT2D eigenvalue weighted by Crippen LogP contribution is 2.29. The smallest absolute Gasteiger partial charge is 0.244 e. The summed E-state index contributed by atoms with van der Waals surface area (Å²) < 4.78 is 26.9. The van der Waals surface area contributed by atoms with Crippen molar-refractivity contribution in [2.75, 3.05) is 17.1 Å². The number of halogens is 3. The number of benzene rings is 2. The van der Waals surface area contributed by atoms with Gasteiger partial charge in [0.25, 0.3) is 0 Å². The predicted octanol–water partition coefficient (Wildman–Crippen LogP) is 5.39. The maximum atomic E-state index is 13.7. The van der Waals surface area contributed by atoms with Crippen LogP contribution in [0.25, 0.3) is 0 Å². The molecular formula is C25H30BrCl2N3O4S. The number of nitrogens with zero attached hydrogens (tertiary/aromatic N) is 2. The van der Waals surface area contributed by atoms with Crippen LogP contribution in [0.15, 0.2) is 46.9 Å². The number of hydrogen-bond donors (Lipinski definition) is 1. The van der Waals surface area contributed by atoms with E-state index in [0.29, 0.717) is 25.8 Å². The monoisotopic (exact) mass is 617 g/mol. The van der Waals surface area contributed by atoms with Crippen molar-refractivity contribution in [2.24, 2.45) is 0 Å². The average molecular weight is 619 g/mol. The first-order valence-electron chi connectivity index (χ1n) is 11.7. The maximum Gasteiger partial charge on any atom is 0.244 e. The lowest BCUT2D eigenvalue weighted by atomic mass is 9.95. The highest BCUT2D eigenvalue weighted by Gasteiger charge is 2.32. The number of anilines is 1. The molecule has 1 aliphatic carbocycles. The topological polar surface area (TPSA) is 86.8 Å². The lowest BCUT2D eigenvalue weighted by Crippen LogP contribution is -2.53. The highest BCUT2D eigenvalue weighted by molar-refractivity contribution is 9.10. The molecule has 1 aliphatic rings. The van der Waals surface area contributed by atoms with Crippen LogP contribution in [0.2, 0.25) is 10.0 Å². The Labute approximate surface area is 231 Å². The lowest BCUT2D eigenvalue weighted by Gasteiger charge is -2.33. The van der Waals surface area contributed by atoms with Crippen molar-refractivity contribution in [1.29, 1.82) is 0 Å². The number of nitrogens with one attached hydrogen (secondary N) is 1. The molecule has 7 nitrogen and oxygen atoms in total. The zero-order valence-corrected chi connectivity index (χ0v) is 24.1. The summed E-state index contributed by atoms with van der Waals surface area (Å²) in [6, 6.07) is 10.9. The van der Waals surface area contributed by atoms with Crippen molar-refractivity contribution < 1.29 is 18.0 Å². The molecule has 11 heteroatoms. The molecule has 1 unspecified atom stereocenters. The normalized spacial score (nSPS) is 15.2. The van der Waals surface area contributed by atoms with Crippen molar-refractivity contribution in [1.82, 2.24) is 10.2 Å². The lowest BCUT2D eigenvalue weighted by molar-refractivity contribution is -0.139. The van der Waals surface area contributed by atoms with Gasteiger partial charge in [-0.25, -0.2) is 8.42 Å². The first-order chi connectivity index (χ1) is 17.0. The Morgan fingerprint density at radius 3 is 2.39 bits per heavy atom. The average Bonchev–Trinajstić information content (AvgIpc) is 2.82. The molecule has 0 radical (unpaired) electrons. The van der Waals surface area contributed by atoms with Crippen LogP contribution in [0.1, 0.15) is 44.6 Å². The zero-order chi connectivity index (χ0) is 26.5. The Balaban J connectivity index is 1.91. The number of hydrogen-bond acceptors (Lipinski definition) is 4. The van der Waals surface area contributed by atoms with Crippen LogP contribution >= 0.6 is 39.1 Å². The molecule has 0 bridgehead atoms. The van der Waals surface area contributed by atoms with Crippen LogP contribution in [0.3, 0.4) is 0 Å². The van der Waals surface area contributed by atoms with E-state index in [1.54, 1.807) is 49.4 Å². The molecule has 2 aromatic carbocycles. The van der Waals surface area contributed by atoms with Crippen LogP contribution in [0.4, 0.5) is 5.69 Å². The minimum atomic E-state index is -3.81. The van der Waals surface area contributed by atoms with E-state index < -0.39 is 28.5 Å². The molecule has 0 spiro atoms. The summed E-state index contributed by atoms with van der Waals surface area (Å²) in [5.41, 5.74) is 0.927. The van der Waals surface area contributed by atoms with E-state index in [1.165, 1.54) is 4.90 Å². The fourth-order valence-electron chi connectivity index (χ4n) is 4.23. The molecule has 0 saturated heterocycles. The first-order valence-corrected chi connectivity index (χ1v) is 15.1. The van der Waals surface area contributed by atoms with Gasteiger partial charge in [-0.3, -0.25) is 13.9 Å². The quantitative estimate of drug-likeness (QED) is 0.408. The van der Waals surface area contributed by atoms with E-state index >= 15 is 0 Å². The van der Waals surface area contributed by atoms with Gasteiger partial charge in [-0.05, 0) is 65.5 Å². The van der Waals surface area contributed by atoms with Gasteiger partial charge in [-0.2, -0.15) is 0 Å². The number of sulfonamides is 1. The van der Waals surface area contributed by atoms with Gasteiger partial charge in [0.15, 0.2) is 0 Å². The van der Waals surface area contributed by atoms with Gasteiger partial charge in [0.05, 0.1) is 11.9 Å². The number of rotatable bonds is 9. The fraction of sp³-hybridized carbons (Fsp3) is 0.440. The molecule has 3 rings (SSSR count). The van der Waals surface area contributed by atoms with Crippen LogP contribution in [-0.4, -0.2) is 50.0 Å². The van der Waals surface area contributed by atoms with E-state index in [-0.39, 0.29) is 18.5 Å². The van der Waals surface area contributed by atoms with E-state index in [2.05, 4.69) is 21.2 Å². The molecule has 196 valence electrons. The van der Waals surface area contributed by atoms with Crippen molar-refractivity contribution >= 4 is 66.7 Å². The van der Waals surface area contributed by atoms with Gasteiger partial charge in [0.1, 0.15) is 12.6 Å². The summed E-state index contributed by atoms with van der Waals surface area (Å²) in [7, 11) is -3.81. The minimum absolute atomic E-state index is 0.0155. The molecule has 2 aromatic rings. The molecule has 36 heavy (non-hydrogen) atoms. The Bertz CT molecular complexity index is 1210. The molecular weight excluding hydrogens is 589 g/mol. The second-order valence-corrected chi connectivity index (χ2v) is 12.6. The van der Waals surface area contributed by atoms with Gasteiger partial charge in [0, 0.05) is 27.1 Å². The number of amides is 2. The van der Waals surface area contributed by atoms with Crippen molar-refractivity contribution in [3.8, 4) is 0 Å². The number of carbonyl (C=O) groups is 2. The first kappa shape index (κ1) is 28.8. The van der Waals surface area contributed by atoms with Crippen molar-refractivity contribution in [3.05, 3.63) is 62.5 Å². The van der Waals surface area contributed by atoms with E-state index in [4.69, 9.17) is 23.2 Å². The van der Waals surface area contributed by atoms with Gasteiger partial charge in [0.2, 0.25) is 21.8 Å². The second kappa shape index (κ2) is 12.6. The SMILES string of the molecule is CC(C(=O)NC1CCCCC1)N(Cc1ccc(Cl)cc1Cl)C(=O)CN(c1ccccc1Br)S(C)(=O)=O. The van der Waals surface area contributed by atoms with E-state index in [1.807, 2.05) is 0 Å². The third-order valence-electron chi connectivity index (χ3n) is 6.27. The Kier molecular flexibility index (Phi) is 10.1. The summed E-state index contributed by atoms with van der Waals surface area (Å²) in [4.78, 5) is 28.2. The number of carbonyl (C=O) groups excluding carboxylic acids is 2. The zero-order valence-electron chi connectivity index (χ0n) is 20.2. The molecule has 1 N–H and O–H groups in total. The van der Waals surface area contributed by atoms with Gasteiger partial charge >= 0.3 is 0 Å². The molecule has 0 aromatic heterocycles. The second-order valence-electron chi connectivity index (χ2n) is 9.00. The number of para-hydroxylation sites is 1. The summed E-state index contributed by atoms with van der Waals surface area (Å²) >= 11 is 15.8. The van der Waals surface area contributed by atoms with E-state index in [0.717, 1.165) is 42.7 Å². The summed E-state index contributed by atoms with van der Waals surface area (Å²) in [5.74, 6) is -0.819. The molecule has 0 aliphatic heterocycles. The minimum Gasteiger partial charge on any atom is -0.352 e. The van der Waals surface area contributed by atoms with Crippen LogP contribution < -0.4 is 9.62 Å². The highest BCUT2D eigenvalue weighted by atomic mass is 79.9. The molecule has 0 heterocycles. The Morgan fingerprint density at radius 2 is 1.78 bits per heavy atom. The van der Waals surface area contributed by atoms with Crippen LogP contribution in [-0.2, 0) is 26.2 Å². The van der Waals surface area contributed by atoms with Crippen molar-refractivity contribution in [3.63, 3.8) is 0 Å². The maximum absolute atomic E-state index is 13.7. The standard InChI is InChI=1S/C25H30BrCl2N3O4S/c1-17(25(33)29-20-8-4-3-5-9-20)30(15-18-12-13-19(27)14-22(18)28)24(32)16-31(36(2,34)35)23-11-7-6-10-21(23)26/h6-7,10-14,17,20H,3-5,8-9,15-16H2,1-2H3,(H,29,33). The summed E-state index contributed by atoms with van der Waals surface area (Å²) in [6.07, 6.45) is 6.10. The van der Waals surface area contributed by atoms with E-state index in [9.17, 15) is 18.0 Å². The van der Waals surface area contributed by atoms with Gasteiger partial charge in [-0.1, -0.05) is 60.7 Å². The Morgan fingerprint density at radius 1 is 1.11 bits per heavy atom. The summed E-state index contributed by atoms with van der Waals surface area (Å²) in [6.45, 7) is 1.18. The third-order valence-corrected chi connectivity index (χ3v) is 8.66. The van der Waals surface area contributed by atoms with Gasteiger partial charge in [-0.15, -0.1) is 0 Å². The molecule has 2 amide bonds. The van der Waals surface area contributed by atoms with Crippen molar-refractivity contribution in [2.45, 2.75) is 57.7 Å². The van der Waals surface area contributed by atoms with Crippen LogP contribution in [0.5, 0.6) is 0 Å². The fourth-order valence-corrected chi connectivity index (χ4v) is 6.18. The summed E-state index contributed by atoms with van der Waals surface area (Å²) in [5, 5.41) is 3.86. The molecule has 1 fully saturated rings. The predicted molar refractivity (Wildman–Crippen MR) is 148 cm³/mol.